The lowest BCUT2D eigenvalue weighted by molar-refractivity contribution is -0.0885. The zero-order valence-corrected chi connectivity index (χ0v) is 78.2. The molecule has 9 aromatic carbocycles. The number of aromatic nitrogens is 12. The molecule has 6 heterocycles. The van der Waals surface area contributed by atoms with Gasteiger partial charge in [-0.25, -0.2) is 71.8 Å². The lowest BCUT2D eigenvalue weighted by Gasteiger charge is -2.11. The van der Waals surface area contributed by atoms with Crippen LogP contribution in [0.1, 0.15) is 115 Å². The second-order valence-electron chi connectivity index (χ2n) is 31.1. The number of hydrogen-bond acceptors (Lipinski definition) is 29. The van der Waals surface area contributed by atoms with Crippen LogP contribution in [0.15, 0.2) is 252 Å². The number of anilines is 9. The van der Waals surface area contributed by atoms with E-state index in [1.807, 2.05) is 148 Å². The predicted octanol–water partition coefficient (Wildman–Crippen LogP) is 15.8. The van der Waals surface area contributed by atoms with Crippen molar-refractivity contribution >= 4 is 84.6 Å². The number of benzene rings is 9. The Balaban J connectivity index is 0.000000170. The monoisotopic (exact) mass is 1880 g/mol. The van der Waals surface area contributed by atoms with E-state index >= 15 is 0 Å². The number of para-hydroxylation sites is 1. The van der Waals surface area contributed by atoms with Crippen LogP contribution in [0.5, 0.6) is 5.75 Å². The van der Waals surface area contributed by atoms with E-state index in [0.29, 0.717) is 71.2 Å². The molecule has 704 valence electrons. The van der Waals surface area contributed by atoms with Crippen molar-refractivity contribution in [2.24, 2.45) is 16.6 Å². The van der Waals surface area contributed by atoms with Gasteiger partial charge in [0.1, 0.15) is 17.4 Å². The van der Waals surface area contributed by atoms with E-state index in [9.17, 15) is 44.7 Å². The number of ketones is 1. The van der Waals surface area contributed by atoms with Gasteiger partial charge in [0, 0.05) is 112 Å². The quantitative estimate of drug-likeness (QED) is 0.0236. The number of hydrogen-bond donors (Lipinski definition) is 13. The summed E-state index contributed by atoms with van der Waals surface area (Å²) in [5.41, 5.74) is 68.5. The van der Waals surface area contributed by atoms with E-state index in [4.69, 9.17) is 51.0 Å². The predicted molar refractivity (Wildman–Crippen MR) is 532 cm³/mol. The van der Waals surface area contributed by atoms with Gasteiger partial charge in [-0.3, -0.25) is 9.59 Å². The van der Waals surface area contributed by atoms with Crippen LogP contribution in [0.25, 0.3) is 67.5 Å². The molecule has 1 amide bonds. The average Bonchev–Trinajstić information content (AvgIpc) is 0.818. The highest BCUT2D eigenvalue weighted by Gasteiger charge is 2.39. The maximum absolute atomic E-state index is 12.3. The number of nitrogens with zero attached hydrogens (tertiary/aromatic N) is 12. The zero-order chi connectivity index (χ0) is 98.6. The number of nitrogen functional groups attached to an aromatic ring is 6. The van der Waals surface area contributed by atoms with E-state index in [-0.39, 0.29) is 51.9 Å². The van der Waals surface area contributed by atoms with Crippen LogP contribution in [-0.2, 0) is 71.5 Å². The minimum atomic E-state index is -4.88. The summed E-state index contributed by atoms with van der Waals surface area (Å²) in [4.78, 5) is 74.4. The highest BCUT2D eigenvalue weighted by molar-refractivity contribution is 7.90. The third-order valence-corrected chi connectivity index (χ3v) is 23.3. The molecular weight excluding hydrogens is 1770 g/mol. The molecule has 0 fully saturated rings. The maximum atomic E-state index is 12.3. The molecule has 22 N–H and O–H groups in total. The number of aryl methyl sites for hydroxylation is 7. The Morgan fingerprint density at radius 1 is 0.404 bits per heavy atom. The second kappa shape index (κ2) is 47.6. The van der Waals surface area contributed by atoms with Gasteiger partial charge >= 0.3 is 6.18 Å². The van der Waals surface area contributed by atoms with E-state index in [0.717, 1.165) is 152 Å². The third-order valence-electron chi connectivity index (χ3n) is 21.2. The lowest BCUT2D eigenvalue weighted by Crippen LogP contribution is -2.22. The minimum absolute atomic E-state index is 0.0627. The normalized spacial score (nSPS) is 11.0. The Hall–Kier alpha value is -15.6. The van der Waals surface area contributed by atoms with Gasteiger partial charge in [0.25, 0.3) is 11.7 Å². The molecule has 15 rings (SSSR count). The van der Waals surface area contributed by atoms with Crippen LogP contribution >= 0.6 is 0 Å². The molecule has 0 unspecified atom stereocenters. The lowest BCUT2D eigenvalue weighted by atomic mass is 10.00. The summed E-state index contributed by atoms with van der Waals surface area (Å²) in [5.74, 6) is 0.436. The van der Waals surface area contributed by atoms with Gasteiger partial charge < -0.3 is 66.9 Å². The number of phenols is 1. The molecule has 136 heavy (non-hydrogen) atoms. The van der Waals surface area contributed by atoms with Crippen molar-refractivity contribution in [1.29, 1.82) is 0 Å². The molecule has 6 aromatic heterocycles. The van der Waals surface area contributed by atoms with Crippen LogP contribution in [0.3, 0.4) is 0 Å². The first-order valence-corrected chi connectivity index (χ1v) is 46.5. The fourth-order valence-corrected chi connectivity index (χ4v) is 14.8. The maximum Gasteiger partial charge on any atom is 0.454 e. The number of phenolic OH excluding ortho intramolecular Hbond substituents is 1. The molecule has 0 aliphatic carbocycles. The Kier molecular flexibility index (Phi) is 35.9. The highest BCUT2D eigenvalue weighted by Crippen LogP contribution is 2.32. The van der Waals surface area contributed by atoms with Crippen molar-refractivity contribution in [3.05, 3.63) is 321 Å². The number of carbonyl (C=O) groups is 2. The number of sulfone groups is 1. The number of Topliss-reactive ketones (excluding diaryl/α,β-unsaturated/α-hetero) is 1. The van der Waals surface area contributed by atoms with Crippen molar-refractivity contribution in [3.63, 3.8) is 0 Å². The molecule has 0 aliphatic heterocycles. The van der Waals surface area contributed by atoms with Crippen molar-refractivity contribution in [2.45, 2.75) is 122 Å². The number of sulfonamides is 1. The summed E-state index contributed by atoms with van der Waals surface area (Å²) in [6.45, 7) is 15.9. The summed E-state index contributed by atoms with van der Waals surface area (Å²) in [7, 11) is -5.03. The number of halogens is 3. The van der Waals surface area contributed by atoms with Crippen molar-refractivity contribution in [3.8, 4) is 73.3 Å². The molecule has 0 saturated heterocycles. The largest absolute Gasteiger partial charge is 0.507 e. The van der Waals surface area contributed by atoms with Gasteiger partial charge in [0.05, 0.1) is 49.5 Å². The van der Waals surface area contributed by atoms with Gasteiger partial charge in [0.15, 0.2) is 9.84 Å². The standard InChI is InChI=1S/2C21H24N4O2S.C19H18N4O2.C14H12F3N3O.C13H16N4.C12H15N5/c1-14-5-4-6-18(15(14)2)19-13-20(25-21(22)24-19)23-12-11-16-7-9-17(10-8-16)28(3,26)27;1-14-5-3-8-19(15(14)2)20-13-17(24-21(22)25-20)7-4-6-16-9-11-18(12-10-16)28(23,26)27;1-2-13-11-16(23-19(20)22-13)12-6-5-7-14(10-12)21-18(25)15-8-3-4-9-17(15)24;1-2-10-7-11(20-13(18)19-10)8-3-5-9(6-4-8)12(21)14(15,16)17;1-2-11-7-12(17-13(15)16-11)10-5-3-4-9(6-10)8-14;1-15-11-6-10(16-12(14)17-11)9-4-2-8(7-13)3-5-9/h4-10,13H,11-12H2,1-3H3,(H3,22,23,24,25);3,5,8-13H,4,6-7H2,1-2H3,(H2,22,24,25)(H2,23,26,27);3-11,24H,2H2,1H3,(H,21,25)(H2,20,22,23);3-7H,2H2,1H3,(H2,18,19,20);3-7H,2,8,14H2,1H3,(H2,15,16,17);2-6H,7,13H2,1H3,(H3,14,15,16,17). The Morgan fingerprint density at radius 2 is 0.816 bits per heavy atom. The fraction of sp³-hybridized carbons (Fsp3) is 0.200. The Bertz CT molecular complexity index is 6730. The number of amides is 1. The smallest absolute Gasteiger partial charge is 0.454 e. The third kappa shape index (κ3) is 29.9. The Labute approximate surface area is 788 Å². The molecule has 0 aliphatic rings. The number of carbonyl (C=O) groups excluding carboxylic acids is 2. The zero-order valence-electron chi connectivity index (χ0n) is 76.6. The van der Waals surface area contributed by atoms with Gasteiger partial charge in [0.2, 0.25) is 45.7 Å². The first-order chi connectivity index (χ1) is 64.8. The highest BCUT2D eigenvalue weighted by atomic mass is 32.2. The summed E-state index contributed by atoms with van der Waals surface area (Å²) >= 11 is 0. The molecular formula is C100H109F3N24O7S2. The van der Waals surface area contributed by atoms with Crippen LogP contribution in [0, 0.1) is 27.7 Å². The van der Waals surface area contributed by atoms with Crippen LogP contribution in [0.2, 0.25) is 0 Å². The number of nitrogens with two attached hydrogens (primary N) is 9. The number of nitrogens with one attached hydrogen (secondary N) is 3. The van der Waals surface area contributed by atoms with Gasteiger partial charge in [-0.2, -0.15) is 23.1 Å². The van der Waals surface area contributed by atoms with E-state index in [2.05, 4.69) is 116 Å². The van der Waals surface area contributed by atoms with Crippen LogP contribution < -0.4 is 67.0 Å². The number of rotatable bonds is 25. The first kappa shape index (κ1) is 102. The van der Waals surface area contributed by atoms with Gasteiger partial charge in [-0.05, 0) is 196 Å². The van der Waals surface area contributed by atoms with Gasteiger partial charge in [-0.1, -0.05) is 172 Å². The molecule has 0 atom stereocenters. The molecule has 0 radical (unpaired) electrons. The second-order valence-corrected chi connectivity index (χ2v) is 34.7. The Morgan fingerprint density at radius 3 is 1.30 bits per heavy atom. The van der Waals surface area contributed by atoms with Crippen molar-refractivity contribution in [2.75, 3.05) is 70.2 Å². The van der Waals surface area contributed by atoms with Crippen molar-refractivity contribution < 1.29 is 44.7 Å². The number of alkyl halides is 3. The topological polar surface area (TPSA) is 548 Å². The molecule has 31 nitrogen and oxygen atoms in total. The summed E-state index contributed by atoms with van der Waals surface area (Å²) in [6.07, 6.45) is 1.72. The molecule has 36 heteroatoms. The number of primary sulfonamides is 1. The summed E-state index contributed by atoms with van der Waals surface area (Å²) in [6, 6.07) is 71.7. The molecule has 15 aromatic rings. The summed E-state index contributed by atoms with van der Waals surface area (Å²) < 4.78 is 82.7. The molecule has 0 saturated carbocycles. The summed E-state index contributed by atoms with van der Waals surface area (Å²) in [5, 5.41) is 23.9. The molecule has 0 spiro atoms. The van der Waals surface area contributed by atoms with E-state index in [1.165, 1.54) is 53.3 Å². The fourth-order valence-electron chi connectivity index (χ4n) is 13.6. The SMILES string of the molecule is CCc1cc(-c2ccc(C(=O)C(F)(F)F)cc2)nc(N)n1.CCc1cc(-c2cccc(CN)c2)nc(N)n1.CCc1cc(-c2cccc(NC(=O)c3ccccc3O)c2)nc(N)n1.CNc1cc(-c2ccc(CN)cc2)nc(N)n1.Cc1cccc(-c2cc(CCCc3ccc(S(N)(=O)=O)cc3)nc(N)n2)c1C.Cc1cccc(-c2cc(NCCc3ccc(S(C)(=O)=O)cc3)nc(N)n2)c1C. The van der Waals surface area contributed by atoms with Gasteiger partial charge in [-0.15, -0.1) is 0 Å². The first-order valence-electron chi connectivity index (χ1n) is 43.1. The minimum Gasteiger partial charge on any atom is -0.507 e. The molecule has 0 bridgehead atoms. The van der Waals surface area contributed by atoms with E-state index in [1.54, 1.807) is 67.7 Å². The van der Waals surface area contributed by atoms with E-state index < -0.39 is 37.4 Å². The number of aromatic hydroxyl groups is 1. The van der Waals surface area contributed by atoms with Crippen LogP contribution in [0.4, 0.5) is 66.2 Å². The van der Waals surface area contributed by atoms with Crippen LogP contribution in [-0.4, -0.2) is 119 Å². The average molecular weight is 1880 g/mol. The van der Waals surface area contributed by atoms with Crippen molar-refractivity contribution in [1.82, 2.24) is 59.8 Å².